The number of nitrogens with one attached hydrogen (secondary N) is 1. The molecule has 0 saturated heterocycles. The number of pyridine rings is 1. The molecule has 31 heavy (non-hydrogen) atoms. The molecule has 0 spiro atoms. The topological polar surface area (TPSA) is 60.5 Å². The number of carbonyl (C=O) groups is 1. The van der Waals surface area contributed by atoms with Crippen LogP contribution >= 0.6 is 35.0 Å². The molecule has 0 fully saturated rings. The van der Waals surface area contributed by atoms with Gasteiger partial charge < -0.3 is 14.8 Å². The number of rotatable bonds is 6. The van der Waals surface area contributed by atoms with Crippen molar-refractivity contribution in [3.8, 4) is 11.5 Å². The summed E-state index contributed by atoms with van der Waals surface area (Å²) in [5, 5.41) is 4.95. The second-order valence-electron chi connectivity index (χ2n) is 7.26. The van der Waals surface area contributed by atoms with Crippen LogP contribution < -0.4 is 14.8 Å². The van der Waals surface area contributed by atoms with E-state index in [2.05, 4.69) is 5.32 Å². The van der Waals surface area contributed by atoms with Gasteiger partial charge in [0.25, 0.3) is 0 Å². The Morgan fingerprint density at radius 1 is 1.10 bits per heavy atom. The molecular weight excluding hydrogens is 455 g/mol. The summed E-state index contributed by atoms with van der Waals surface area (Å²) >= 11 is 14.0. The lowest BCUT2D eigenvalue weighted by atomic mass is 9.94. The summed E-state index contributed by atoms with van der Waals surface area (Å²) in [7, 11) is 3.06. The third kappa shape index (κ3) is 4.71. The molecule has 0 aliphatic heterocycles. The number of carbonyl (C=O) groups excluding carboxylic acids is 1. The number of hydrogen-bond acceptors (Lipinski definition) is 5. The maximum absolute atomic E-state index is 12.8. The number of ether oxygens (including phenoxy) is 2. The SMILES string of the molecule is COc1cc(OC)c(NC(=O)CSc2c3c(nc4ccc(Cl)cc24)CCCC3)cc1Cl. The highest BCUT2D eigenvalue weighted by Gasteiger charge is 2.20. The highest BCUT2D eigenvalue weighted by molar-refractivity contribution is 8.00. The summed E-state index contributed by atoms with van der Waals surface area (Å²) in [5.41, 5.74) is 3.79. The van der Waals surface area contributed by atoms with Crippen LogP contribution in [0.3, 0.4) is 0 Å². The number of aryl methyl sites for hydroxylation is 1. The Balaban J connectivity index is 1.59. The zero-order valence-electron chi connectivity index (χ0n) is 17.3. The molecular formula is C23H22Cl2N2O3S. The van der Waals surface area contributed by atoms with Crippen LogP contribution in [0.5, 0.6) is 11.5 Å². The average Bonchev–Trinajstić information content (AvgIpc) is 2.77. The molecule has 1 aliphatic rings. The molecule has 0 saturated carbocycles. The van der Waals surface area contributed by atoms with Gasteiger partial charge >= 0.3 is 0 Å². The zero-order valence-corrected chi connectivity index (χ0v) is 19.6. The third-order valence-electron chi connectivity index (χ3n) is 5.27. The normalized spacial score (nSPS) is 13.0. The summed E-state index contributed by atoms with van der Waals surface area (Å²) in [5.74, 6) is 1.06. The van der Waals surface area contributed by atoms with Gasteiger partial charge in [0.2, 0.25) is 5.91 Å². The van der Waals surface area contributed by atoms with Crippen molar-refractivity contribution in [1.29, 1.82) is 0 Å². The first-order valence-electron chi connectivity index (χ1n) is 9.95. The largest absolute Gasteiger partial charge is 0.495 e. The van der Waals surface area contributed by atoms with E-state index in [-0.39, 0.29) is 11.7 Å². The first-order chi connectivity index (χ1) is 15.0. The third-order valence-corrected chi connectivity index (χ3v) is 6.96. The van der Waals surface area contributed by atoms with Crippen LogP contribution in [0.4, 0.5) is 5.69 Å². The summed E-state index contributed by atoms with van der Waals surface area (Å²) in [6, 6.07) is 9.02. The average molecular weight is 477 g/mol. The number of thioether (sulfide) groups is 1. The number of nitrogens with zero attached hydrogens (tertiary/aromatic N) is 1. The lowest BCUT2D eigenvalue weighted by Gasteiger charge is -2.20. The van der Waals surface area contributed by atoms with E-state index < -0.39 is 0 Å². The first kappa shape index (κ1) is 22.1. The van der Waals surface area contributed by atoms with E-state index in [0.29, 0.717) is 27.2 Å². The number of aromatic nitrogens is 1. The van der Waals surface area contributed by atoms with Crippen molar-refractivity contribution in [2.75, 3.05) is 25.3 Å². The number of methoxy groups -OCH3 is 2. The van der Waals surface area contributed by atoms with Gasteiger partial charge in [0.15, 0.2) is 0 Å². The van der Waals surface area contributed by atoms with Crippen molar-refractivity contribution in [2.45, 2.75) is 30.6 Å². The highest BCUT2D eigenvalue weighted by Crippen LogP contribution is 2.38. The number of hydrogen-bond donors (Lipinski definition) is 1. The molecule has 8 heteroatoms. The van der Waals surface area contributed by atoms with Crippen LogP contribution in [0.25, 0.3) is 10.9 Å². The van der Waals surface area contributed by atoms with Crippen molar-refractivity contribution < 1.29 is 14.3 Å². The fourth-order valence-corrected chi connectivity index (χ4v) is 5.27. The monoisotopic (exact) mass is 476 g/mol. The lowest BCUT2D eigenvalue weighted by molar-refractivity contribution is -0.113. The van der Waals surface area contributed by atoms with Gasteiger partial charge in [-0.25, -0.2) is 0 Å². The van der Waals surface area contributed by atoms with Gasteiger partial charge in [0, 0.05) is 27.1 Å². The van der Waals surface area contributed by atoms with E-state index in [9.17, 15) is 4.79 Å². The summed E-state index contributed by atoms with van der Waals surface area (Å²) < 4.78 is 10.6. The minimum atomic E-state index is -0.152. The van der Waals surface area contributed by atoms with Gasteiger partial charge in [-0.2, -0.15) is 0 Å². The molecule has 0 bridgehead atoms. The van der Waals surface area contributed by atoms with Crippen LogP contribution in [0.2, 0.25) is 10.0 Å². The quantitative estimate of drug-likeness (QED) is 0.431. The number of benzene rings is 2. The zero-order chi connectivity index (χ0) is 22.0. The predicted octanol–water partition coefficient (Wildman–Crippen LogP) is 6.17. The molecule has 0 unspecified atom stereocenters. The van der Waals surface area contributed by atoms with Crippen LogP contribution in [0.15, 0.2) is 35.2 Å². The van der Waals surface area contributed by atoms with Gasteiger partial charge in [-0.15, -0.1) is 11.8 Å². The number of amides is 1. The van der Waals surface area contributed by atoms with Crippen LogP contribution in [-0.2, 0) is 17.6 Å². The molecule has 2 aromatic carbocycles. The molecule has 162 valence electrons. The lowest BCUT2D eigenvalue weighted by Crippen LogP contribution is -2.15. The molecule has 1 heterocycles. The number of fused-ring (bicyclic) bond motifs is 2. The number of anilines is 1. The minimum Gasteiger partial charge on any atom is -0.495 e. The highest BCUT2D eigenvalue weighted by atomic mass is 35.5. The molecule has 1 N–H and O–H groups in total. The maximum atomic E-state index is 12.8. The van der Waals surface area contributed by atoms with E-state index in [1.807, 2.05) is 18.2 Å². The Bertz CT molecular complexity index is 1150. The van der Waals surface area contributed by atoms with Gasteiger partial charge in [-0.05, 0) is 55.5 Å². The van der Waals surface area contributed by atoms with E-state index in [4.69, 9.17) is 37.7 Å². The van der Waals surface area contributed by atoms with Crippen molar-refractivity contribution in [1.82, 2.24) is 4.98 Å². The van der Waals surface area contributed by atoms with Gasteiger partial charge in [0.1, 0.15) is 11.5 Å². The van der Waals surface area contributed by atoms with Crippen LogP contribution in [0.1, 0.15) is 24.1 Å². The Hall–Kier alpha value is -2.15. The van der Waals surface area contributed by atoms with Crippen LogP contribution in [0, 0.1) is 0 Å². The molecule has 3 aromatic rings. The van der Waals surface area contributed by atoms with Crippen molar-refractivity contribution >= 4 is 57.5 Å². The standard InChI is InChI=1S/C23H22Cl2N2O3S/c1-29-20-11-21(30-2)19(10-16(20)25)27-22(28)12-31-23-14-5-3-4-6-17(14)26-18-8-7-13(24)9-15(18)23/h7-11H,3-6,12H2,1-2H3,(H,27,28). The van der Waals surface area contributed by atoms with Gasteiger partial charge in [-0.3, -0.25) is 9.78 Å². The van der Waals surface area contributed by atoms with Crippen LogP contribution in [-0.4, -0.2) is 30.9 Å². The Morgan fingerprint density at radius 2 is 1.87 bits per heavy atom. The van der Waals surface area contributed by atoms with Crippen molar-refractivity contribution in [3.05, 3.63) is 51.6 Å². The van der Waals surface area contributed by atoms with Gasteiger partial charge in [0.05, 0.1) is 36.2 Å². The minimum absolute atomic E-state index is 0.152. The molecule has 1 amide bonds. The Labute approximate surface area is 195 Å². The smallest absolute Gasteiger partial charge is 0.234 e. The van der Waals surface area contributed by atoms with E-state index >= 15 is 0 Å². The predicted molar refractivity (Wildman–Crippen MR) is 127 cm³/mol. The van der Waals surface area contributed by atoms with Crippen molar-refractivity contribution in [2.24, 2.45) is 0 Å². The Morgan fingerprint density at radius 3 is 2.65 bits per heavy atom. The van der Waals surface area contributed by atoms with E-state index in [0.717, 1.165) is 47.2 Å². The van der Waals surface area contributed by atoms with Crippen molar-refractivity contribution in [3.63, 3.8) is 0 Å². The summed E-state index contributed by atoms with van der Waals surface area (Å²) in [4.78, 5) is 18.7. The molecule has 1 aliphatic carbocycles. The first-order valence-corrected chi connectivity index (χ1v) is 11.7. The summed E-state index contributed by atoms with van der Waals surface area (Å²) in [6.45, 7) is 0. The fraction of sp³-hybridized carbons (Fsp3) is 0.304. The number of halogens is 2. The second-order valence-corrected chi connectivity index (χ2v) is 9.09. The fourth-order valence-electron chi connectivity index (χ4n) is 3.80. The molecule has 5 nitrogen and oxygen atoms in total. The molecule has 0 atom stereocenters. The van der Waals surface area contributed by atoms with E-state index in [1.165, 1.54) is 31.5 Å². The Kier molecular flexibility index (Phi) is 6.80. The second kappa shape index (κ2) is 9.55. The molecule has 1 aromatic heterocycles. The molecule has 0 radical (unpaired) electrons. The van der Waals surface area contributed by atoms with Gasteiger partial charge in [-0.1, -0.05) is 23.2 Å². The maximum Gasteiger partial charge on any atom is 0.234 e. The summed E-state index contributed by atoms with van der Waals surface area (Å²) in [6.07, 6.45) is 4.20. The molecule has 4 rings (SSSR count). The van der Waals surface area contributed by atoms with E-state index in [1.54, 1.807) is 12.1 Å².